The number of ether oxygens (including phenoxy) is 1. The zero-order valence-corrected chi connectivity index (χ0v) is 16.3. The van der Waals surface area contributed by atoms with Gasteiger partial charge >= 0.3 is 5.97 Å². The average molecular weight is 377 g/mol. The fraction of sp³-hybridized carbons (Fsp3) is 0.304. The number of esters is 1. The normalized spacial score (nSPS) is 14.2. The largest absolute Gasteiger partial charge is 0.464 e. The van der Waals surface area contributed by atoms with Gasteiger partial charge in [-0.3, -0.25) is 9.59 Å². The molecule has 2 aromatic carbocycles. The highest BCUT2D eigenvalue weighted by molar-refractivity contribution is 5.99. The van der Waals surface area contributed by atoms with E-state index in [1.54, 1.807) is 18.1 Å². The van der Waals surface area contributed by atoms with Gasteiger partial charge in [-0.15, -0.1) is 0 Å². The van der Waals surface area contributed by atoms with Crippen LogP contribution in [0.5, 0.6) is 0 Å². The number of furan rings is 1. The van der Waals surface area contributed by atoms with Crippen molar-refractivity contribution in [2.45, 2.75) is 39.7 Å². The van der Waals surface area contributed by atoms with Crippen LogP contribution in [-0.4, -0.2) is 24.5 Å². The van der Waals surface area contributed by atoms with Crippen molar-refractivity contribution in [3.63, 3.8) is 0 Å². The number of hydrogen-bond donors (Lipinski definition) is 0. The first kappa shape index (κ1) is 18.3. The van der Waals surface area contributed by atoms with Crippen LogP contribution in [0.4, 0.5) is 5.69 Å². The summed E-state index contributed by atoms with van der Waals surface area (Å²) in [5, 5.41) is 0.910. The van der Waals surface area contributed by atoms with Crippen molar-refractivity contribution in [2.75, 3.05) is 11.4 Å². The van der Waals surface area contributed by atoms with E-state index in [0.29, 0.717) is 6.54 Å². The maximum Gasteiger partial charge on any atom is 0.311 e. The molecule has 1 amide bonds. The van der Waals surface area contributed by atoms with E-state index in [2.05, 4.69) is 0 Å². The van der Waals surface area contributed by atoms with E-state index >= 15 is 0 Å². The van der Waals surface area contributed by atoms with E-state index in [1.807, 2.05) is 50.2 Å². The van der Waals surface area contributed by atoms with E-state index < -0.39 is 12.1 Å². The molecule has 2 heterocycles. The second-order valence-electron chi connectivity index (χ2n) is 7.32. The van der Waals surface area contributed by atoms with Crippen LogP contribution < -0.4 is 4.90 Å². The van der Waals surface area contributed by atoms with Crippen LogP contribution in [0.1, 0.15) is 29.2 Å². The summed E-state index contributed by atoms with van der Waals surface area (Å²) in [5.74, 6) is -0.629. The number of benzene rings is 2. The summed E-state index contributed by atoms with van der Waals surface area (Å²) in [4.78, 5) is 26.9. The lowest BCUT2D eigenvalue weighted by Crippen LogP contribution is -2.39. The molecule has 0 radical (unpaired) electrons. The molecule has 1 atom stereocenters. The van der Waals surface area contributed by atoms with E-state index in [-0.39, 0.29) is 12.3 Å². The van der Waals surface area contributed by atoms with Crippen molar-refractivity contribution in [1.29, 1.82) is 0 Å². The van der Waals surface area contributed by atoms with E-state index in [0.717, 1.165) is 45.3 Å². The summed E-state index contributed by atoms with van der Waals surface area (Å²) in [6.07, 6.45) is 1.66. The molecule has 0 fully saturated rings. The number of carbonyl (C=O) groups is 2. The second-order valence-corrected chi connectivity index (χ2v) is 7.32. The number of hydrogen-bond acceptors (Lipinski definition) is 4. The Morgan fingerprint density at radius 1 is 1.18 bits per heavy atom. The van der Waals surface area contributed by atoms with Gasteiger partial charge in [0.05, 0.1) is 12.7 Å². The van der Waals surface area contributed by atoms with Gasteiger partial charge in [0, 0.05) is 23.2 Å². The number of aryl methyl sites for hydroxylation is 2. The molecule has 5 nitrogen and oxygen atoms in total. The molecular weight excluding hydrogens is 354 g/mol. The lowest BCUT2D eigenvalue weighted by Gasteiger charge is -2.21. The topological polar surface area (TPSA) is 59.8 Å². The molecular formula is C23H23NO4. The zero-order chi connectivity index (χ0) is 19.8. The second kappa shape index (κ2) is 7.15. The molecule has 3 aromatic rings. The number of amides is 1. The predicted octanol–water partition coefficient (Wildman–Crippen LogP) is 4.11. The molecule has 0 saturated carbocycles. The number of rotatable bonds is 4. The molecule has 1 aromatic heterocycles. The van der Waals surface area contributed by atoms with E-state index in [1.165, 1.54) is 0 Å². The number of para-hydroxylation sites is 1. The van der Waals surface area contributed by atoms with E-state index in [9.17, 15) is 9.59 Å². The SMILES string of the molecule is Cc1ccc2c(CC(=O)O[C@H](C)C(=O)N3CCc4ccccc43)coc2c1C. The fourth-order valence-electron chi connectivity index (χ4n) is 3.76. The Morgan fingerprint density at radius 2 is 1.96 bits per heavy atom. The Kier molecular flexibility index (Phi) is 4.67. The highest BCUT2D eigenvalue weighted by Gasteiger charge is 2.29. The number of fused-ring (bicyclic) bond motifs is 2. The molecule has 0 spiro atoms. The zero-order valence-electron chi connectivity index (χ0n) is 16.3. The summed E-state index contributed by atoms with van der Waals surface area (Å²) in [6, 6.07) is 11.8. The third-order valence-corrected chi connectivity index (χ3v) is 5.49. The number of nitrogens with zero attached hydrogens (tertiary/aromatic N) is 1. The van der Waals surface area contributed by atoms with Crippen LogP contribution in [-0.2, 0) is 27.2 Å². The van der Waals surface area contributed by atoms with Crippen LogP contribution in [0, 0.1) is 13.8 Å². The molecule has 5 heteroatoms. The Morgan fingerprint density at radius 3 is 2.79 bits per heavy atom. The summed E-state index contributed by atoms with van der Waals surface area (Å²) in [6.45, 7) is 6.26. The van der Waals surface area contributed by atoms with Gasteiger partial charge in [0.25, 0.3) is 5.91 Å². The third kappa shape index (κ3) is 3.17. The van der Waals surface area contributed by atoms with Crippen LogP contribution in [0.15, 0.2) is 47.1 Å². The molecule has 1 aliphatic rings. The van der Waals surface area contributed by atoms with Gasteiger partial charge < -0.3 is 14.1 Å². The molecule has 0 saturated heterocycles. The van der Waals surface area contributed by atoms with Crippen molar-refractivity contribution in [3.05, 3.63) is 64.9 Å². The predicted molar refractivity (Wildman–Crippen MR) is 107 cm³/mol. The average Bonchev–Trinajstić information content (AvgIpc) is 3.28. The Balaban J connectivity index is 1.44. The molecule has 4 rings (SSSR count). The maximum absolute atomic E-state index is 12.8. The first-order valence-electron chi connectivity index (χ1n) is 9.50. The number of carbonyl (C=O) groups excluding carboxylic acids is 2. The van der Waals surface area contributed by atoms with Gasteiger partial charge in [0.2, 0.25) is 0 Å². The van der Waals surface area contributed by atoms with Gasteiger partial charge in [-0.25, -0.2) is 0 Å². The summed E-state index contributed by atoms with van der Waals surface area (Å²) in [7, 11) is 0. The van der Waals surface area contributed by atoms with Crippen LogP contribution in [0.3, 0.4) is 0 Å². The molecule has 144 valence electrons. The molecule has 28 heavy (non-hydrogen) atoms. The van der Waals surface area contributed by atoms with Gasteiger partial charge in [-0.05, 0) is 49.9 Å². The minimum absolute atomic E-state index is 0.0731. The monoisotopic (exact) mass is 377 g/mol. The number of anilines is 1. The van der Waals surface area contributed by atoms with Crippen LogP contribution in [0.2, 0.25) is 0 Å². The van der Waals surface area contributed by atoms with Crippen molar-refractivity contribution < 1.29 is 18.7 Å². The highest BCUT2D eigenvalue weighted by Crippen LogP contribution is 2.29. The molecule has 0 aliphatic carbocycles. The van der Waals surface area contributed by atoms with Crippen LogP contribution in [0.25, 0.3) is 11.0 Å². The van der Waals surface area contributed by atoms with E-state index in [4.69, 9.17) is 9.15 Å². The molecule has 0 unspecified atom stereocenters. The summed E-state index contributed by atoms with van der Waals surface area (Å²) < 4.78 is 11.1. The van der Waals surface area contributed by atoms with Crippen molar-refractivity contribution in [1.82, 2.24) is 0 Å². The fourth-order valence-corrected chi connectivity index (χ4v) is 3.76. The molecule has 0 bridgehead atoms. The lowest BCUT2D eigenvalue weighted by atomic mass is 10.0. The first-order chi connectivity index (χ1) is 13.5. The van der Waals surface area contributed by atoms with Crippen molar-refractivity contribution >= 4 is 28.5 Å². The van der Waals surface area contributed by atoms with Gasteiger partial charge in [0.1, 0.15) is 5.58 Å². The quantitative estimate of drug-likeness (QED) is 0.642. The highest BCUT2D eigenvalue weighted by atomic mass is 16.5. The Labute approximate surface area is 163 Å². The minimum atomic E-state index is -0.833. The van der Waals surface area contributed by atoms with Gasteiger partial charge in [0.15, 0.2) is 6.10 Å². The maximum atomic E-state index is 12.8. The van der Waals surface area contributed by atoms with Crippen molar-refractivity contribution in [2.24, 2.45) is 0 Å². The Bertz CT molecular complexity index is 1070. The third-order valence-electron chi connectivity index (χ3n) is 5.49. The van der Waals surface area contributed by atoms with Crippen molar-refractivity contribution in [3.8, 4) is 0 Å². The van der Waals surface area contributed by atoms with Gasteiger partial charge in [-0.2, -0.15) is 0 Å². The smallest absolute Gasteiger partial charge is 0.311 e. The summed E-state index contributed by atoms with van der Waals surface area (Å²) >= 11 is 0. The standard InChI is InChI=1S/C23H23NO4/c1-14-8-9-19-18(13-27-22(19)15(14)2)12-21(25)28-16(3)23(26)24-11-10-17-6-4-5-7-20(17)24/h4-9,13,16H,10-12H2,1-3H3/t16-/m1/s1. The molecule has 1 aliphatic heterocycles. The molecule has 0 N–H and O–H groups in total. The van der Waals surface area contributed by atoms with Crippen LogP contribution >= 0.6 is 0 Å². The summed E-state index contributed by atoms with van der Waals surface area (Å²) in [5.41, 5.74) is 5.82. The van der Waals surface area contributed by atoms with Gasteiger partial charge in [-0.1, -0.05) is 30.3 Å². The first-order valence-corrected chi connectivity index (χ1v) is 9.50. The lowest BCUT2D eigenvalue weighted by molar-refractivity contribution is -0.153. The minimum Gasteiger partial charge on any atom is -0.464 e. The Hall–Kier alpha value is -3.08.